The van der Waals surface area contributed by atoms with E-state index in [4.69, 9.17) is 5.73 Å². The average Bonchev–Trinajstić information content (AvgIpc) is 2.54. The molecule has 2 heterocycles. The number of urea groups is 1. The highest BCUT2D eigenvalue weighted by atomic mass is 16.3. The zero-order valence-electron chi connectivity index (χ0n) is 12.8. The Hall–Kier alpha value is -1.86. The molecular weight excluding hydrogens is 282 g/mol. The number of piperidine rings is 1. The van der Waals surface area contributed by atoms with Gasteiger partial charge in [0.15, 0.2) is 0 Å². The van der Waals surface area contributed by atoms with E-state index >= 15 is 0 Å². The van der Waals surface area contributed by atoms with Crippen molar-refractivity contribution in [3.8, 4) is 0 Å². The van der Waals surface area contributed by atoms with Crippen LogP contribution >= 0.6 is 0 Å². The van der Waals surface area contributed by atoms with Gasteiger partial charge in [0.1, 0.15) is 5.82 Å². The summed E-state index contributed by atoms with van der Waals surface area (Å²) in [6, 6.07) is 3.27. The molecule has 122 valence electrons. The minimum absolute atomic E-state index is 0.284. The number of carbonyl (C=O) groups excluding carboxylic acids is 1. The first-order valence-corrected chi connectivity index (χ1v) is 7.72. The first-order valence-electron chi connectivity index (χ1n) is 7.72. The quantitative estimate of drug-likeness (QED) is 0.582. The molecule has 0 radical (unpaired) electrons. The zero-order chi connectivity index (χ0) is 15.8. The summed E-state index contributed by atoms with van der Waals surface area (Å²) in [6.45, 7) is 4.52. The molecule has 1 aromatic rings. The zero-order valence-corrected chi connectivity index (χ0v) is 12.8. The molecule has 0 bridgehead atoms. The highest BCUT2D eigenvalue weighted by molar-refractivity contribution is 5.71. The lowest BCUT2D eigenvalue weighted by Crippen LogP contribution is -2.39. The molecule has 2 amide bonds. The molecule has 2 rings (SSSR count). The van der Waals surface area contributed by atoms with Crippen LogP contribution in [0.1, 0.15) is 18.4 Å². The fourth-order valence-electron chi connectivity index (χ4n) is 2.67. The SMILES string of the molecule is NC(=O)NCc1ccc(NCCN2CCCC(CO)C2)nc1. The fourth-order valence-corrected chi connectivity index (χ4v) is 2.67. The summed E-state index contributed by atoms with van der Waals surface area (Å²) in [4.78, 5) is 17.3. The maximum atomic E-state index is 10.6. The minimum Gasteiger partial charge on any atom is -0.396 e. The van der Waals surface area contributed by atoms with Crippen molar-refractivity contribution in [2.75, 3.05) is 38.1 Å². The van der Waals surface area contributed by atoms with Crippen LogP contribution in [0.25, 0.3) is 0 Å². The molecule has 0 saturated carbocycles. The Morgan fingerprint density at radius 1 is 1.50 bits per heavy atom. The van der Waals surface area contributed by atoms with Gasteiger partial charge in [-0.3, -0.25) is 0 Å². The number of primary amides is 1. The molecule has 1 saturated heterocycles. The molecule has 1 unspecified atom stereocenters. The number of carbonyl (C=O) groups is 1. The Labute approximate surface area is 130 Å². The second kappa shape index (κ2) is 8.55. The Balaban J connectivity index is 1.69. The molecule has 7 nitrogen and oxygen atoms in total. The molecule has 1 aliphatic rings. The summed E-state index contributed by atoms with van der Waals surface area (Å²) in [5.74, 6) is 1.24. The smallest absolute Gasteiger partial charge is 0.312 e. The van der Waals surface area contributed by atoms with Crippen molar-refractivity contribution in [3.63, 3.8) is 0 Å². The van der Waals surface area contributed by atoms with Gasteiger partial charge < -0.3 is 26.4 Å². The van der Waals surface area contributed by atoms with Gasteiger partial charge in [-0.05, 0) is 36.9 Å². The lowest BCUT2D eigenvalue weighted by molar-refractivity contribution is 0.123. The number of rotatable bonds is 7. The molecule has 1 aromatic heterocycles. The number of anilines is 1. The van der Waals surface area contributed by atoms with E-state index < -0.39 is 6.03 Å². The number of amides is 2. The number of nitrogens with one attached hydrogen (secondary N) is 2. The summed E-state index contributed by atoms with van der Waals surface area (Å²) in [6.07, 6.45) is 4.01. The van der Waals surface area contributed by atoms with E-state index in [-0.39, 0.29) is 6.61 Å². The van der Waals surface area contributed by atoms with E-state index in [1.165, 1.54) is 0 Å². The summed E-state index contributed by atoms with van der Waals surface area (Å²) in [5.41, 5.74) is 5.93. The van der Waals surface area contributed by atoms with Crippen LogP contribution in [0.15, 0.2) is 18.3 Å². The number of aliphatic hydroxyl groups is 1. The van der Waals surface area contributed by atoms with Crippen molar-refractivity contribution in [1.82, 2.24) is 15.2 Å². The molecule has 0 aromatic carbocycles. The normalized spacial score (nSPS) is 18.9. The number of nitrogens with two attached hydrogens (primary N) is 1. The highest BCUT2D eigenvalue weighted by Crippen LogP contribution is 2.15. The largest absolute Gasteiger partial charge is 0.396 e. The molecule has 0 spiro atoms. The van der Waals surface area contributed by atoms with E-state index in [0.717, 1.165) is 50.4 Å². The Morgan fingerprint density at radius 2 is 2.36 bits per heavy atom. The predicted molar refractivity (Wildman–Crippen MR) is 85.4 cm³/mol. The van der Waals surface area contributed by atoms with Crippen LogP contribution in [-0.4, -0.2) is 53.8 Å². The maximum Gasteiger partial charge on any atom is 0.312 e. The molecule has 22 heavy (non-hydrogen) atoms. The Bertz CT molecular complexity index is 466. The van der Waals surface area contributed by atoms with Crippen LogP contribution < -0.4 is 16.4 Å². The highest BCUT2D eigenvalue weighted by Gasteiger charge is 2.18. The second-order valence-corrected chi connectivity index (χ2v) is 5.69. The monoisotopic (exact) mass is 307 g/mol. The number of hydrogen-bond donors (Lipinski definition) is 4. The van der Waals surface area contributed by atoms with E-state index in [1.54, 1.807) is 6.20 Å². The number of likely N-dealkylation sites (tertiary alicyclic amines) is 1. The van der Waals surface area contributed by atoms with E-state index in [9.17, 15) is 9.90 Å². The molecule has 1 fully saturated rings. The van der Waals surface area contributed by atoms with Crippen molar-refractivity contribution < 1.29 is 9.90 Å². The first-order chi connectivity index (χ1) is 10.7. The van der Waals surface area contributed by atoms with Crippen molar-refractivity contribution in [2.45, 2.75) is 19.4 Å². The molecule has 5 N–H and O–H groups in total. The van der Waals surface area contributed by atoms with Crippen LogP contribution in [0.4, 0.5) is 10.6 Å². The second-order valence-electron chi connectivity index (χ2n) is 5.69. The van der Waals surface area contributed by atoms with Gasteiger partial charge >= 0.3 is 6.03 Å². The summed E-state index contributed by atoms with van der Waals surface area (Å²) in [7, 11) is 0. The van der Waals surface area contributed by atoms with Gasteiger partial charge in [0, 0.05) is 39.0 Å². The van der Waals surface area contributed by atoms with E-state index in [1.807, 2.05) is 12.1 Å². The number of hydrogen-bond acceptors (Lipinski definition) is 5. The van der Waals surface area contributed by atoms with Gasteiger partial charge in [-0.2, -0.15) is 0 Å². The maximum absolute atomic E-state index is 10.6. The third-order valence-corrected chi connectivity index (χ3v) is 3.89. The number of nitrogens with zero attached hydrogens (tertiary/aromatic N) is 2. The Kier molecular flexibility index (Phi) is 6.42. The molecular formula is C15H25N5O2. The molecule has 1 atom stereocenters. The van der Waals surface area contributed by atoms with Gasteiger partial charge in [-0.15, -0.1) is 0 Å². The van der Waals surface area contributed by atoms with Crippen LogP contribution in [-0.2, 0) is 6.54 Å². The summed E-state index contributed by atoms with van der Waals surface area (Å²) < 4.78 is 0. The summed E-state index contributed by atoms with van der Waals surface area (Å²) in [5, 5.41) is 15.0. The third kappa shape index (κ3) is 5.50. The average molecular weight is 307 g/mol. The van der Waals surface area contributed by atoms with Gasteiger partial charge in [0.2, 0.25) is 0 Å². The standard InChI is InChI=1S/C15H25N5O2/c16-15(22)19-9-12-3-4-14(18-8-12)17-5-7-20-6-1-2-13(10-20)11-21/h3-4,8,13,21H,1-2,5-7,9-11H2,(H,17,18)(H3,16,19,22). The number of aromatic nitrogens is 1. The van der Waals surface area contributed by atoms with Crippen LogP contribution in [0.2, 0.25) is 0 Å². The lowest BCUT2D eigenvalue weighted by Gasteiger charge is -2.31. The first kappa shape index (κ1) is 16.5. The topological polar surface area (TPSA) is 104 Å². The van der Waals surface area contributed by atoms with E-state index in [0.29, 0.717) is 12.5 Å². The van der Waals surface area contributed by atoms with Crippen molar-refractivity contribution >= 4 is 11.8 Å². The van der Waals surface area contributed by atoms with Crippen molar-refractivity contribution in [3.05, 3.63) is 23.9 Å². The number of aliphatic hydroxyl groups excluding tert-OH is 1. The van der Waals surface area contributed by atoms with Crippen molar-refractivity contribution in [1.29, 1.82) is 0 Å². The predicted octanol–water partition coefficient (Wildman–Crippen LogP) is 0.366. The van der Waals surface area contributed by atoms with Crippen LogP contribution in [0.5, 0.6) is 0 Å². The fraction of sp³-hybridized carbons (Fsp3) is 0.600. The van der Waals surface area contributed by atoms with Gasteiger partial charge in [0.05, 0.1) is 0 Å². The van der Waals surface area contributed by atoms with Gasteiger partial charge in [-0.1, -0.05) is 6.07 Å². The molecule has 0 aliphatic carbocycles. The lowest BCUT2D eigenvalue weighted by atomic mass is 9.99. The molecule has 7 heteroatoms. The molecule has 1 aliphatic heterocycles. The van der Waals surface area contributed by atoms with Gasteiger partial charge in [-0.25, -0.2) is 9.78 Å². The van der Waals surface area contributed by atoms with Crippen molar-refractivity contribution in [2.24, 2.45) is 11.7 Å². The third-order valence-electron chi connectivity index (χ3n) is 3.89. The van der Waals surface area contributed by atoms with Crippen LogP contribution in [0.3, 0.4) is 0 Å². The minimum atomic E-state index is -0.537. The van der Waals surface area contributed by atoms with E-state index in [2.05, 4.69) is 20.5 Å². The van der Waals surface area contributed by atoms with Crippen LogP contribution in [0, 0.1) is 5.92 Å². The van der Waals surface area contributed by atoms with Gasteiger partial charge in [0.25, 0.3) is 0 Å². The summed E-state index contributed by atoms with van der Waals surface area (Å²) >= 11 is 0. The Morgan fingerprint density at radius 3 is 3.05 bits per heavy atom. The number of pyridine rings is 1.